The molecule has 1 saturated heterocycles. The van der Waals surface area contributed by atoms with Crippen molar-refractivity contribution < 1.29 is 9.47 Å². The van der Waals surface area contributed by atoms with Gasteiger partial charge in [-0.25, -0.2) is 0 Å². The van der Waals surface area contributed by atoms with Gasteiger partial charge in [0.25, 0.3) is 0 Å². The van der Waals surface area contributed by atoms with Gasteiger partial charge in [-0.2, -0.15) is 0 Å². The van der Waals surface area contributed by atoms with Crippen molar-refractivity contribution in [2.75, 3.05) is 6.79 Å². The molecule has 0 aromatic heterocycles. The summed E-state index contributed by atoms with van der Waals surface area (Å²) in [5.41, 5.74) is 0.248. The van der Waals surface area contributed by atoms with Crippen molar-refractivity contribution in [1.29, 1.82) is 0 Å². The molecular formula is C9H18O2. The summed E-state index contributed by atoms with van der Waals surface area (Å²) in [4.78, 5) is 0. The molecule has 0 aliphatic carbocycles. The van der Waals surface area contributed by atoms with Crippen molar-refractivity contribution in [1.82, 2.24) is 0 Å². The first-order valence-electron chi connectivity index (χ1n) is 4.23. The van der Waals surface area contributed by atoms with E-state index in [1.54, 1.807) is 0 Å². The molecule has 0 radical (unpaired) electrons. The number of rotatable bonds is 0. The smallest absolute Gasteiger partial charge is 0.147 e. The Labute approximate surface area is 68.9 Å². The Morgan fingerprint density at radius 2 is 1.82 bits per heavy atom. The zero-order chi connectivity index (χ0) is 8.48. The van der Waals surface area contributed by atoms with Crippen molar-refractivity contribution in [3.05, 3.63) is 0 Å². The topological polar surface area (TPSA) is 18.5 Å². The number of hydrogen-bond acceptors (Lipinski definition) is 2. The molecule has 2 nitrogen and oxygen atoms in total. The summed E-state index contributed by atoms with van der Waals surface area (Å²) in [6.07, 6.45) is 1.72. The third-order valence-corrected chi connectivity index (χ3v) is 2.13. The Kier molecular flexibility index (Phi) is 2.55. The second-order valence-electron chi connectivity index (χ2n) is 4.35. The zero-order valence-electron chi connectivity index (χ0n) is 7.89. The van der Waals surface area contributed by atoms with E-state index < -0.39 is 0 Å². The van der Waals surface area contributed by atoms with Gasteiger partial charge in [-0.3, -0.25) is 0 Å². The summed E-state index contributed by atoms with van der Waals surface area (Å²) in [6, 6.07) is 0. The molecule has 0 aromatic carbocycles. The molecule has 11 heavy (non-hydrogen) atoms. The Bertz CT molecular complexity index is 126. The van der Waals surface area contributed by atoms with Crippen LogP contribution in [0.5, 0.6) is 0 Å². The van der Waals surface area contributed by atoms with Crippen molar-refractivity contribution in [2.24, 2.45) is 5.41 Å². The molecule has 0 N–H and O–H groups in total. The minimum atomic E-state index is 0.248. The first-order chi connectivity index (χ1) is 5.00. The molecule has 0 aromatic rings. The quantitative estimate of drug-likeness (QED) is 0.538. The molecule has 1 aliphatic rings. The fourth-order valence-corrected chi connectivity index (χ4v) is 1.28. The monoisotopic (exact) mass is 158 g/mol. The van der Waals surface area contributed by atoms with E-state index in [0.717, 1.165) is 6.42 Å². The van der Waals surface area contributed by atoms with E-state index in [1.165, 1.54) is 0 Å². The van der Waals surface area contributed by atoms with Crippen LogP contribution in [0.3, 0.4) is 0 Å². The van der Waals surface area contributed by atoms with Gasteiger partial charge in [0.15, 0.2) is 0 Å². The van der Waals surface area contributed by atoms with E-state index in [0.29, 0.717) is 19.0 Å². The molecule has 0 unspecified atom stereocenters. The average molecular weight is 158 g/mol. The standard InChI is InChI=1S/C9H18O2/c1-7-5-8(9(2,3)4)11-6-10-7/h7-8H,5-6H2,1-4H3/t7-,8+/m1/s1. The fourth-order valence-electron chi connectivity index (χ4n) is 1.28. The van der Waals surface area contributed by atoms with Gasteiger partial charge >= 0.3 is 0 Å². The predicted molar refractivity (Wildman–Crippen MR) is 44.4 cm³/mol. The highest BCUT2D eigenvalue weighted by Crippen LogP contribution is 2.28. The van der Waals surface area contributed by atoms with E-state index in [9.17, 15) is 0 Å². The minimum Gasteiger partial charge on any atom is -0.352 e. The lowest BCUT2D eigenvalue weighted by atomic mass is 9.85. The van der Waals surface area contributed by atoms with Gasteiger partial charge in [-0.15, -0.1) is 0 Å². The van der Waals surface area contributed by atoms with Gasteiger partial charge in [0.2, 0.25) is 0 Å². The second-order valence-corrected chi connectivity index (χ2v) is 4.35. The molecule has 1 heterocycles. The Balaban J connectivity index is 2.46. The van der Waals surface area contributed by atoms with E-state index in [1.807, 2.05) is 0 Å². The van der Waals surface area contributed by atoms with Crippen LogP contribution in [-0.2, 0) is 9.47 Å². The molecule has 1 aliphatic heterocycles. The van der Waals surface area contributed by atoms with Crippen LogP contribution in [0, 0.1) is 5.41 Å². The van der Waals surface area contributed by atoms with Crippen LogP contribution in [0.25, 0.3) is 0 Å². The van der Waals surface area contributed by atoms with Gasteiger partial charge in [0.05, 0.1) is 12.2 Å². The molecule has 1 rings (SSSR count). The largest absolute Gasteiger partial charge is 0.352 e. The number of hydrogen-bond donors (Lipinski definition) is 0. The molecule has 0 spiro atoms. The minimum absolute atomic E-state index is 0.248. The van der Waals surface area contributed by atoms with E-state index >= 15 is 0 Å². The summed E-state index contributed by atoms with van der Waals surface area (Å²) in [5.74, 6) is 0. The zero-order valence-corrected chi connectivity index (χ0v) is 7.89. The van der Waals surface area contributed by atoms with Crippen LogP contribution in [0.1, 0.15) is 34.1 Å². The highest BCUT2D eigenvalue weighted by molar-refractivity contribution is 4.78. The first-order valence-corrected chi connectivity index (χ1v) is 4.23. The van der Waals surface area contributed by atoms with Crippen LogP contribution < -0.4 is 0 Å². The Morgan fingerprint density at radius 1 is 1.18 bits per heavy atom. The van der Waals surface area contributed by atoms with Gasteiger partial charge in [-0.1, -0.05) is 20.8 Å². The van der Waals surface area contributed by atoms with Crippen LogP contribution >= 0.6 is 0 Å². The lowest BCUT2D eigenvalue weighted by Gasteiger charge is -2.36. The normalized spacial score (nSPS) is 33.8. The maximum Gasteiger partial charge on any atom is 0.147 e. The third-order valence-electron chi connectivity index (χ3n) is 2.13. The lowest BCUT2D eigenvalue weighted by Crippen LogP contribution is -2.38. The van der Waals surface area contributed by atoms with Gasteiger partial charge in [-0.05, 0) is 12.3 Å². The van der Waals surface area contributed by atoms with Gasteiger partial charge in [0.1, 0.15) is 6.79 Å². The molecule has 0 amide bonds. The van der Waals surface area contributed by atoms with Crippen LogP contribution in [-0.4, -0.2) is 19.0 Å². The highest BCUT2D eigenvalue weighted by atomic mass is 16.7. The van der Waals surface area contributed by atoms with E-state index in [-0.39, 0.29) is 5.41 Å². The average Bonchev–Trinajstić information content (AvgIpc) is 1.86. The molecule has 2 heteroatoms. The van der Waals surface area contributed by atoms with Gasteiger partial charge in [0, 0.05) is 6.42 Å². The molecule has 2 atom stereocenters. The molecule has 0 bridgehead atoms. The van der Waals surface area contributed by atoms with Crippen molar-refractivity contribution in [2.45, 2.75) is 46.3 Å². The predicted octanol–water partition coefficient (Wildman–Crippen LogP) is 2.18. The summed E-state index contributed by atoms with van der Waals surface area (Å²) in [5, 5.41) is 0. The Hall–Kier alpha value is -0.0800. The van der Waals surface area contributed by atoms with Crippen molar-refractivity contribution >= 4 is 0 Å². The first kappa shape index (κ1) is 9.01. The summed E-state index contributed by atoms with van der Waals surface area (Å²) in [6.45, 7) is 9.17. The fraction of sp³-hybridized carbons (Fsp3) is 1.00. The lowest BCUT2D eigenvalue weighted by molar-refractivity contribution is -0.195. The van der Waals surface area contributed by atoms with Gasteiger partial charge < -0.3 is 9.47 Å². The number of ether oxygens (including phenoxy) is 2. The van der Waals surface area contributed by atoms with Crippen molar-refractivity contribution in [3.63, 3.8) is 0 Å². The SMILES string of the molecule is C[C@@H]1C[C@@H](C(C)(C)C)OCO1. The van der Waals surface area contributed by atoms with Crippen molar-refractivity contribution in [3.8, 4) is 0 Å². The summed E-state index contributed by atoms with van der Waals surface area (Å²) >= 11 is 0. The second kappa shape index (κ2) is 3.11. The van der Waals surface area contributed by atoms with E-state index in [2.05, 4.69) is 27.7 Å². The molecule has 66 valence electrons. The van der Waals surface area contributed by atoms with E-state index in [4.69, 9.17) is 9.47 Å². The van der Waals surface area contributed by atoms with Crippen LogP contribution in [0.2, 0.25) is 0 Å². The highest BCUT2D eigenvalue weighted by Gasteiger charge is 2.30. The van der Waals surface area contributed by atoms with Crippen LogP contribution in [0.4, 0.5) is 0 Å². The third kappa shape index (κ3) is 2.46. The maximum absolute atomic E-state index is 5.49. The molecule has 0 saturated carbocycles. The summed E-state index contributed by atoms with van der Waals surface area (Å²) in [7, 11) is 0. The molecular weight excluding hydrogens is 140 g/mol. The van der Waals surface area contributed by atoms with Crippen LogP contribution in [0.15, 0.2) is 0 Å². The Morgan fingerprint density at radius 3 is 2.18 bits per heavy atom. The molecule has 1 fully saturated rings. The summed E-state index contributed by atoms with van der Waals surface area (Å²) < 4.78 is 10.8. The maximum atomic E-state index is 5.49.